The van der Waals surface area contributed by atoms with Crippen molar-refractivity contribution in [2.24, 2.45) is 0 Å². The van der Waals surface area contributed by atoms with E-state index in [1.807, 2.05) is 18.2 Å². The van der Waals surface area contributed by atoms with Gasteiger partial charge in [0.2, 0.25) is 0 Å². The number of carbonyl (C=O) groups is 1. The number of halogens is 2. The van der Waals surface area contributed by atoms with Crippen molar-refractivity contribution in [1.29, 1.82) is 0 Å². The lowest BCUT2D eigenvalue weighted by atomic mass is 10.2. The summed E-state index contributed by atoms with van der Waals surface area (Å²) < 4.78 is 13.0. The fraction of sp³-hybridized carbons (Fsp3) is 0.0714. The average Bonchev–Trinajstić information content (AvgIpc) is 2.40. The monoisotopic (exact) mass is 295 g/mol. The molecule has 5 heteroatoms. The van der Waals surface area contributed by atoms with Gasteiger partial charge in [-0.2, -0.15) is 0 Å². The van der Waals surface area contributed by atoms with Gasteiger partial charge in [-0.3, -0.25) is 4.79 Å². The second-order valence-electron chi connectivity index (χ2n) is 3.94. The summed E-state index contributed by atoms with van der Waals surface area (Å²) in [6.07, 6.45) is 0. The van der Waals surface area contributed by atoms with Crippen LogP contribution in [0, 0.1) is 5.82 Å². The van der Waals surface area contributed by atoms with Crippen molar-refractivity contribution in [3.05, 3.63) is 64.4 Å². The van der Waals surface area contributed by atoms with Crippen molar-refractivity contribution in [3.8, 4) is 0 Å². The van der Waals surface area contributed by atoms with Crippen molar-refractivity contribution in [3.63, 3.8) is 0 Å². The Morgan fingerprint density at radius 3 is 2.68 bits per heavy atom. The maximum Gasteiger partial charge on any atom is 0.251 e. The minimum absolute atomic E-state index is 0.144. The molecular formula is C14H11ClFNOS. The predicted molar refractivity (Wildman–Crippen MR) is 76.3 cm³/mol. The van der Waals surface area contributed by atoms with Crippen LogP contribution in [0.25, 0.3) is 0 Å². The second-order valence-corrected chi connectivity index (χ2v) is 4.83. The number of nitrogens with one attached hydrogen (secondary N) is 1. The molecule has 1 N–H and O–H groups in total. The van der Waals surface area contributed by atoms with E-state index in [-0.39, 0.29) is 10.8 Å². The van der Waals surface area contributed by atoms with Crippen molar-refractivity contribution in [2.45, 2.75) is 11.4 Å². The van der Waals surface area contributed by atoms with Gasteiger partial charge in [0.1, 0.15) is 5.82 Å². The molecule has 2 rings (SSSR count). The second kappa shape index (κ2) is 6.08. The van der Waals surface area contributed by atoms with Crippen LogP contribution < -0.4 is 5.32 Å². The van der Waals surface area contributed by atoms with E-state index in [1.165, 1.54) is 18.2 Å². The first-order valence-corrected chi connectivity index (χ1v) is 6.40. The highest BCUT2D eigenvalue weighted by Crippen LogP contribution is 2.16. The van der Waals surface area contributed by atoms with Crippen LogP contribution in [0.15, 0.2) is 47.4 Å². The third-order valence-corrected chi connectivity index (χ3v) is 3.32. The van der Waals surface area contributed by atoms with Crippen molar-refractivity contribution < 1.29 is 9.18 Å². The molecular weight excluding hydrogens is 285 g/mol. The number of hydrogen-bond acceptors (Lipinski definition) is 2. The minimum Gasteiger partial charge on any atom is -0.348 e. The van der Waals surface area contributed by atoms with E-state index in [4.69, 9.17) is 11.6 Å². The normalized spacial score (nSPS) is 10.3. The summed E-state index contributed by atoms with van der Waals surface area (Å²) in [5.41, 5.74) is 1.18. The Morgan fingerprint density at radius 1 is 1.26 bits per heavy atom. The molecule has 0 atom stereocenters. The molecule has 0 saturated heterocycles. The van der Waals surface area contributed by atoms with Crippen LogP contribution in [0.2, 0.25) is 5.02 Å². The fourth-order valence-corrected chi connectivity index (χ4v) is 1.99. The Balaban J connectivity index is 2.05. The molecule has 0 spiro atoms. The van der Waals surface area contributed by atoms with E-state index in [1.54, 1.807) is 6.07 Å². The summed E-state index contributed by atoms with van der Waals surface area (Å²) >= 11 is 9.93. The van der Waals surface area contributed by atoms with Gasteiger partial charge in [-0.15, -0.1) is 12.6 Å². The largest absolute Gasteiger partial charge is 0.348 e. The molecule has 2 aromatic rings. The smallest absolute Gasteiger partial charge is 0.251 e. The topological polar surface area (TPSA) is 29.1 Å². The van der Waals surface area contributed by atoms with E-state index in [9.17, 15) is 9.18 Å². The van der Waals surface area contributed by atoms with Crippen LogP contribution in [0.3, 0.4) is 0 Å². The van der Waals surface area contributed by atoms with Gasteiger partial charge in [0.25, 0.3) is 5.91 Å². The molecule has 0 unspecified atom stereocenters. The standard InChI is InChI=1S/C14H11ClFNOS/c15-11-4-2-1-3-10(11)8-17-14(18)9-5-6-12(16)13(19)7-9/h1-7,19H,8H2,(H,17,18). The maximum absolute atomic E-state index is 13.0. The zero-order valence-corrected chi connectivity index (χ0v) is 11.5. The van der Waals surface area contributed by atoms with Crippen LogP contribution in [0.1, 0.15) is 15.9 Å². The summed E-state index contributed by atoms with van der Waals surface area (Å²) in [5, 5.41) is 3.32. The zero-order chi connectivity index (χ0) is 13.8. The molecule has 2 nitrogen and oxygen atoms in total. The molecule has 98 valence electrons. The van der Waals surface area contributed by atoms with Gasteiger partial charge in [0, 0.05) is 22.0 Å². The third kappa shape index (κ3) is 3.49. The SMILES string of the molecule is O=C(NCc1ccccc1Cl)c1ccc(F)c(S)c1. The van der Waals surface area contributed by atoms with Gasteiger partial charge >= 0.3 is 0 Å². The molecule has 1 amide bonds. The number of thiol groups is 1. The summed E-state index contributed by atoms with van der Waals surface area (Å²) in [7, 11) is 0. The highest BCUT2D eigenvalue weighted by Gasteiger charge is 2.08. The van der Waals surface area contributed by atoms with Gasteiger partial charge in [-0.05, 0) is 29.8 Å². The summed E-state index contributed by atoms with van der Waals surface area (Å²) in [6.45, 7) is 0.317. The average molecular weight is 296 g/mol. The first kappa shape index (κ1) is 13.9. The highest BCUT2D eigenvalue weighted by molar-refractivity contribution is 7.80. The molecule has 0 aliphatic carbocycles. The van der Waals surface area contributed by atoms with Gasteiger partial charge in [-0.25, -0.2) is 4.39 Å². The van der Waals surface area contributed by atoms with E-state index in [0.29, 0.717) is 17.1 Å². The molecule has 0 aliphatic heterocycles. The lowest BCUT2D eigenvalue weighted by Crippen LogP contribution is -2.23. The van der Waals surface area contributed by atoms with Gasteiger partial charge in [-0.1, -0.05) is 29.8 Å². The van der Waals surface area contributed by atoms with Crippen LogP contribution in [0.4, 0.5) is 4.39 Å². The van der Waals surface area contributed by atoms with Crippen LogP contribution in [-0.2, 0) is 6.54 Å². The number of carbonyl (C=O) groups excluding carboxylic acids is 1. The molecule has 2 aromatic carbocycles. The lowest BCUT2D eigenvalue weighted by molar-refractivity contribution is 0.0950. The van der Waals surface area contributed by atoms with Gasteiger partial charge < -0.3 is 5.32 Å². The van der Waals surface area contributed by atoms with Gasteiger partial charge in [0.05, 0.1) is 0 Å². The number of benzene rings is 2. The van der Waals surface area contributed by atoms with E-state index >= 15 is 0 Å². The molecule has 19 heavy (non-hydrogen) atoms. The van der Waals surface area contributed by atoms with Crippen molar-refractivity contribution in [2.75, 3.05) is 0 Å². The fourth-order valence-electron chi connectivity index (χ4n) is 1.57. The number of amides is 1. The Hall–Kier alpha value is -1.52. The van der Waals surface area contributed by atoms with E-state index < -0.39 is 5.82 Å². The summed E-state index contributed by atoms with van der Waals surface area (Å²) in [6, 6.07) is 11.3. The Morgan fingerprint density at radius 2 is 2.00 bits per heavy atom. The Kier molecular flexibility index (Phi) is 4.45. The molecule has 0 heterocycles. The van der Waals surface area contributed by atoms with Crippen LogP contribution in [-0.4, -0.2) is 5.91 Å². The van der Waals surface area contributed by atoms with Crippen LogP contribution >= 0.6 is 24.2 Å². The number of hydrogen-bond donors (Lipinski definition) is 2. The first-order valence-electron chi connectivity index (χ1n) is 5.58. The predicted octanol–water partition coefficient (Wildman–Crippen LogP) is 3.70. The Bertz CT molecular complexity index is 618. The summed E-state index contributed by atoms with van der Waals surface area (Å²) in [4.78, 5) is 12.0. The third-order valence-electron chi connectivity index (χ3n) is 2.61. The highest BCUT2D eigenvalue weighted by atomic mass is 35.5. The molecule has 0 aromatic heterocycles. The molecule has 0 fully saturated rings. The quantitative estimate of drug-likeness (QED) is 0.831. The van der Waals surface area contributed by atoms with Crippen molar-refractivity contribution in [1.82, 2.24) is 5.32 Å². The maximum atomic E-state index is 13.0. The molecule has 0 bridgehead atoms. The molecule has 0 aliphatic rings. The summed E-state index contributed by atoms with van der Waals surface area (Å²) in [5.74, 6) is -0.749. The first-order chi connectivity index (χ1) is 9.08. The zero-order valence-electron chi connectivity index (χ0n) is 9.86. The van der Waals surface area contributed by atoms with E-state index in [0.717, 1.165) is 5.56 Å². The Labute approximate surface area is 121 Å². The molecule has 0 saturated carbocycles. The lowest BCUT2D eigenvalue weighted by Gasteiger charge is -2.07. The van der Waals surface area contributed by atoms with Gasteiger partial charge in [0.15, 0.2) is 0 Å². The number of rotatable bonds is 3. The van der Waals surface area contributed by atoms with Crippen LogP contribution in [0.5, 0.6) is 0 Å². The van der Waals surface area contributed by atoms with Crippen molar-refractivity contribution >= 4 is 30.1 Å². The molecule has 0 radical (unpaired) electrons. The minimum atomic E-state index is -0.453. The van der Waals surface area contributed by atoms with E-state index in [2.05, 4.69) is 17.9 Å².